The van der Waals surface area contributed by atoms with Gasteiger partial charge in [-0.05, 0) is 42.0 Å². The molecule has 0 amide bonds. The molecule has 0 unspecified atom stereocenters. The highest BCUT2D eigenvalue weighted by molar-refractivity contribution is 5.98. The van der Waals surface area contributed by atoms with Gasteiger partial charge in [0.1, 0.15) is 11.6 Å². The first-order valence-electron chi connectivity index (χ1n) is 11.8. The molecule has 0 saturated carbocycles. The van der Waals surface area contributed by atoms with Crippen molar-refractivity contribution in [3.8, 4) is 11.1 Å². The van der Waals surface area contributed by atoms with Crippen LogP contribution in [0, 0.1) is 5.41 Å². The van der Waals surface area contributed by atoms with Crippen LogP contribution in [0.1, 0.15) is 29.0 Å². The van der Waals surface area contributed by atoms with Crippen LogP contribution in [0.5, 0.6) is 0 Å². The Bertz CT molecular complexity index is 1360. The summed E-state index contributed by atoms with van der Waals surface area (Å²) in [5.41, 5.74) is 4.03. The Morgan fingerprint density at radius 2 is 1.91 bits per heavy atom. The number of hydrogen-bond donors (Lipinski definition) is 1. The molecule has 0 atom stereocenters. The van der Waals surface area contributed by atoms with Crippen molar-refractivity contribution in [2.75, 3.05) is 31.1 Å². The fourth-order valence-electron chi connectivity index (χ4n) is 4.95. The van der Waals surface area contributed by atoms with Crippen LogP contribution in [0.25, 0.3) is 22.0 Å². The van der Waals surface area contributed by atoms with Gasteiger partial charge in [0.25, 0.3) is 0 Å². The molecule has 34 heavy (non-hydrogen) atoms. The Morgan fingerprint density at radius 3 is 2.65 bits per heavy atom. The maximum absolute atomic E-state index is 13.1. The Hall–Kier alpha value is -3.65. The molecular formula is C26H27N7O. The summed E-state index contributed by atoms with van der Waals surface area (Å²) < 4.78 is 1.78. The highest BCUT2D eigenvalue weighted by atomic mass is 16.1. The number of ketones is 1. The first-order chi connectivity index (χ1) is 16.6. The highest BCUT2D eigenvalue weighted by Crippen LogP contribution is 2.36. The molecule has 8 nitrogen and oxygen atoms in total. The van der Waals surface area contributed by atoms with E-state index in [0.717, 1.165) is 54.0 Å². The maximum atomic E-state index is 13.1. The van der Waals surface area contributed by atoms with Gasteiger partial charge in [0.15, 0.2) is 5.78 Å². The molecule has 3 aromatic heterocycles. The fourth-order valence-corrected chi connectivity index (χ4v) is 4.95. The van der Waals surface area contributed by atoms with Gasteiger partial charge in [-0.2, -0.15) is 5.10 Å². The number of hydrogen-bond acceptors (Lipinski definition) is 7. The third kappa shape index (κ3) is 3.94. The molecule has 2 aliphatic rings. The normalized spacial score (nSPS) is 17.1. The standard InChI is InChI=1S/C26H27N7O/c1-32-15-21(14-30-32)18-2-3-20-13-29-24(31-22(20)10-18)12-23(34)19-4-7-28-25(11-19)33-8-5-26(6-9-33)16-27-17-26/h2-4,7,10-11,13-15,27H,5-6,8-9,12,16-17H2,1H3. The summed E-state index contributed by atoms with van der Waals surface area (Å²) in [7, 11) is 1.90. The van der Waals surface area contributed by atoms with Gasteiger partial charge >= 0.3 is 0 Å². The SMILES string of the molecule is Cn1cc(-c2ccc3cnc(CC(=O)c4ccnc(N5CCC6(CC5)CNC6)c4)nc3c2)cn1. The lowest BCUT2D eigenvalue weighted by Crippen LogP contribution is -2.58. The molecule has 6 rings (SSSR count). The number of rotatable bonds is 5. The highest BCUT2D eigenvalue weighted by Gasteiger charge is 2.39. The monoisotopic (exact) mass is 453 g/mol. The summed E-state index contributed by atoms with van der Waals surface area (Å²) in [5.74, 6) is 1.41. The molecule has 2 fully saturated rings. The molecule has 8 heteroatoms. The van der Waals surface area contributed by atoms with Crippen LogP contribution < -0.4 is 10.2 Å². The molecule has 1 spiro atoms. The fraction of sp³-hybridized carbons (Fsp3) is 0.346. The molecule has 5 heterocycles. The lowest BCUT2D eigenvalue weighted by Gasteiger charge is -2.48. The zero-order valence-electron chi connectivity index (χ0n) is 19.2. The number of benzene rings is 1. The lowest BCUT2D eigenvalue weighted by atomic mass is 9.73. The summed E-state index contributed by atoms with van der Waals surface area (Å²) in [5, 5.41) is 8.59. The van der Waals surface area contributed by atoms with Crippen molar-refractivity contribution in [1.82, 2.24) is 30.0 Å². The van der Waals surface area contributed by atoms with E-state index in [4.69, 9.17) is 0 Å². The number of nitrogens with one attached hydrogen (secondary N) is 1. The summed E-state index contributed by atoms with van der Waals surface area (Å²) >= 11 is 0. The van der Waals surface area contributed by atoms with Crippen molar-refractivity contribution in [2.24, 2.45) is 12.5 Å². The topological polar surface area (TPSA) is 88.8 Å². The average Bonchev–Trinajstić information content (AvgIpc) is 3.29. The minimum Gasteiger partial charge on any atom is -0.357 e. The van der Waals surface area contributed by atoms with E-state index in [1.165, 1.54) is 12.8 Å². The lowest BCUT2D eigenvalue weighted by molar-refractivity contribution is 0.0990. The molecule has 0 bridgehead atoms. The Kier molecular flexibility index (Phi) is 5.10. The first kappa shape index (κ1) is 20.9. The predicted octanol–water partition coefficient (Wildman–Crippen LogP) is 3.04. The number of carbonyl (C=O) groups is 1. The minimum atomic E-state index is 0.00286. The quantitative estimate of drug-likeness (QED) is 0.465. The van der Waals surface area contributed by atoms with E-state index in [2.05, 4.69) is 30.3 Å². The van der Waals surface area contributed by atoms with Gasteiger partial charge < -0.3 is 10.2 Å². The van der Waals surface area contributed by atoms with Crippen molar-refractivity contribution in [3.63, 3.8) is 0 Å². The van der Waals surface area contributed by atoms with Crippen LogP contribution in [0.2, 0.25) is 0 Å². The second-order valence-corrected chi connectivity index (χ2v) is 9.56. The van der Waals surface area contributed by atoms with E-state index in [9.17, 15) is 4.79 Å². The largest absolute Gasteiger partial charge is 0.357 e. The first-order valence-corrected chi connectivity index (χ1v) is 11.8. The second kappa shape index (κ2) is 8.29. The zero-order valence-corrected chi connectivity index (χ0v) is 19.2. The number of anilines is 1. The number of piperidine rings is 1. The third-order valence-corrected chi connectivity index (χ3v) is 7.21. The van der Waals surface area contributed by atoms with E-state index in [1.807, 2.05) is 43.7 Å². The summed E-state index contributed by atoms with van der Waals surface area (Å²) in [6.45, 7) is 4.23. The molecule has 4 aromatic rings. The van der Waals surface area contributed by atoms with Crippen molar-refractivity contribution in [1.29, 1.82) is 0 Å². The molecule has 0 aliphatic carbocycles. The molecular weight excluding hydrogens is 426 g/mol. The van der Waals surface area contributed by atoms with Crippen molar-refractivity contribution in [3.05, 3.63) is 66.5 Å². The number of nitrogens with zero attached hydrogens (tertiary/aromatic N) is 6. The van der Waals surface area contributed by atoms with Crippen molar-refractivity contribution < 1.29 is 4.79 Å². The maximum Gasteiger partial charge on any atom is 0.170 e. The summed E-state index contributed by atoms with van der Waals surface area (Å²) in [6, 6.07) is 9.76. The number of fused-ring (bicyclic) bond motifs is 1. The molecule has 1 N–H and O–H groups in total. The van der Waals surface area contributed by atoms with Crippen LogP contribution in [-0.4, -0.2) is 56.7 Å². The predicted molar refractivity (Wildman–Crippen MR) is 131 cm³/mol. The smallest absolute Gasteiger partial charge is 0.170 e. The Balaban J connectivity index is 1.19. The van der Waals surface area contributed by atoms with Crippen molar-refractivity contribution in [2.45, 2.75) is 19.3 Å². The average molecular weight is 454 g/mol. The van der Waals surface area contributed by atoms with Gasteiger partial charge in [0, 0.05) is 68.3 Å². The Morgan fingerprint density at radius 1 is 1.06 bits per heavy atom. The number of aryl methyl sites for hydroxylation is 1. The number of Topliss-reactive ketones (excluding diaryl/α,β-unsaturated/α-hetero) is 1. The zero-order chi connectivity index (χ0) is 23.1. The van der Waals surface area contributed by atoms with E-state index in [-0.39, 0.29) is 12.2 Å². The third-order valence-electron chi connectivity index (χ3n) is 7.21. The summed E-state index contributed by atoms with van der Waals surface area (Å²) in [4.78, 5) is 29.1. The summed E-state index contributed by atoms with van der Waals surface area (Å²) in [6.07, 6.45) is 9.83. The van der Waals surface area contributed by atoms with Crippen LogP contribution in [0.4, 0.5) is 5.82 Å². The number of pyridine rings is 1. The Labute approximate surface area is 198 Å². The van der Waals surface area contributed by atoms with Gasteiger partial charge in [0.05, 0.1) is 18.1 Å². The van der Waals surface area contributed by atoms with Gasteiger partial charge in [0.2, 0.25) is 0 Å². The number of carbonyl (C=O) groups excluding carboxylic acids is 1. The van der Waals surface area contributed by atoms with Crippen LogP contribution in [0.15, 0.2) is 55.1 Å². The second-order valence-electron chi connectivity index (χ2n) is 9.56. The van der Waals surface area contributed by atoms with Gasteiger partial charge in [-0.15, -0.1) is 0 Å². The molecule has 2 aliphatic heterocycles. The molecule has 2 saturated heterocycles. The van der Waals surface area contributed by atoms with Gasteiger partial charge in [-0.25, -0.2) is 15.0 Å². The van der Waals surface area contributed by atoms with Gasteiger partial charge in [-0.3, -0.25) is 9.48 Å². The van der Waals surface area contributed by atoms with Crippen LogP contribution >= 0.6 is 0 Å². The van der Waals surface area contributed by atoms with Crippen molar-refractivity contribution >= 4 is 22.5 Å². The minimum absolute atomic E-state index is 0.00286. The molecule has 0 radical (unpaired) electrons. The van der Waals surface area contributed by atoms with E-state index < -0.39 is 0 Å². The number of aromatic nitrogens is 5. The van der Waals surface area contributed by atoms with E-state index in [0.29, 0.717) is 16.8 Å². The van der Waals surface area contributed by atoms with Crippen LogP contribution in [-0.2, 0) is 13.5 Å². The van der Waals surface area contributed by atoms with Crippen LogP contribution in [0.3, 0.4) is 0 Å². The van der Waals surface area contributed by atoms with E-state index in [1.54, 1.807) is 23.1 Å². The van der Waals surface area contributed by atoms with Gasteiger partial charge in [-0.1, -0.05) is 12.1 Å². The molecule has 172 valence electrons. The van der Waals surface area contributed by atoms with E-state index >= 15 is 0 Å². The molecule has 1 aromatic carbocycles.